The number of β-amino-alcohol motifs (C(OH)–C–C–N with tert-alkyl or cyclic N) is 1. The molecule has 7 heteroatoms. The van der Waals surface area contributed by atoms with E-state index in [4.69, 9.17) is 0 Å². The van der Waals surface area contributed by atoms with Gasteiger partial charge in [0.05, 0.1) is 19.2 Å². The van der Waals surface area contributed by atoms with Crippen molar-refractivity contribution >= 4 is 5.91 Å². The molecule has 2 aromatic rings. The van der Waals surface area contributed by atoms with Gasteiger partial charge in [-0.3, -0.25) is 4.79 Å². The predicted molar refractivity (Wildman–Crippen MR) is 85.6 cm³/mol. The smallest absolute Gasteiger partial charge is 0.227 e. The SMILES string of the molecule is CC(C)n1cc([C@]2(O)CCN(C(=O)Cc3ccccc3F)C2)nn1. The summed E-state index contributed by atoms with van der Waals surface area (Å²) in [6.07, 6.45) is 2.10. The first kappa shape index (κ1) is 16.6. The van der Waals surface area contributed by atoms with Gasteiger partial charge in [-0.1, -0.05) is 23.4 Å². The van der Waals surface area contributed by atoms with Gasteiger partial charge in [0.25, 0.3) is 0 Å². The minimum absolute atomic E-state index is 0.0125. The number of hydrogen-bond acceptors (Lipinski definition) is 4. The molecule has 1 aliphatic heterocycles. The zero-order valence-corrected chi connectivity index (χ0v) is 13.8. The van der Waals surface area contributed by atoms with Gasteiger partial charge in [0.1, 0.15) is 17.1 Å². The number of likely N-dealkylation sites (tertiary alicyclic amines) is 1. The number of carbonyl (C=O) groups is 1. The van der Waals surface area contributed by atoms with Crippen molar-refractivity contribution in [2.45, 2.75) is 38.3 Å². The number of halogens is 1. The molecule has 1 aromatic heterocycles. The average molecular weight is 332 g/mol. The molecule has 1 N–H and O–H groups in total. The quantitative estimate of drug-likeness (QED) is 0.924. The summed E-state index contributed by atoms with van der Waals surface area (Å²) in [4.78, 5) is 14.0. The van der Waals surface area contributed by atoms with E-state index in [1.54, 1.807) is 34.0 Å². The minimum atomic E-state index is -1.20. The van der Waals surface area contributed by atoms with Gasteiger partial charge in [-0.25, -0.2) is 9.07 Å². The number of rotatable bonds is 4. The standard InChI is InChI=1S/C17H21FN4O2/c1-12(2)22-10-15(19-20-22)17(24)7-8-21(11-17)16(23)9-13-5-3-4-6-14(13)18/h3-6,10,12,24H,7-9,11H2,1-2H3/t17-/m0/s1. The molecule has 0 aliphatic carbocycles. The van der Waals surface area contributed by atoms with Crippen LogP contribution in [0.5, 0.6) is 0 Å². The van der Waals surface area contributed by atoms with Gasteiger partial charge < -0.3 is 10.0 Å². The van der Waals surface area contributed by atoms with Crippen molar-refractivity contribution in [2.75, 3.05) is 13.1 Å². The summed E-state index contributed by atoms with van der Waals surface area (Å²) in [6, 6.07) is 6.39. The lowest BCUT2D eigenvalue weighted by Gasteiger charge is -2.21. The lowest BCUT2D eigenvalue weighted by molar-refractivity contribution is -0.130. The fourth-order valence-corrected chi connectivity index (χ4v) is 2.87. The molecule has 1 saturated heterocycles. The molecule has 0 bridgehead atoms. The Hall–Kier alpha value is -2.28. The van der Waals surface area contributed by atoms with E-state index in [1.165, 1.54) is 6.07 Å². The van der Waals surface area contributed by atoms with Crippen molar-refractivity contribution < 1.29 is 14.3 Å². The van der Waals surface area contributed by atoms with Crippen molar-refractivity contribution in [1.29, 1.82) is 0 Å². The van der Waals surface area contributed by atoms with Gasteiger partial charge >= 0.3 is 0 Å². The fraction of sp³-hybridized carbons (Fsp3) is 0.471. The van der Waals surface area contributed by atoms with Crippen LogP contribution in [0.3, 0.4) is 0 Å². The molecule has 1 aromatic carbocycles. The van der Waals surface area contributed by atoms with E-state index >= 15 is 0 Å². The summed E-state index contributed by atoms with van der Waals surface area (Å²) in [7, 11) is 0. The van der Waals surface area contributed by atoms with Crippen molar-refractivity contribution in [3.8, 4) is 0 Å². The molecule has 1 atom stereocenters. The Labute approximate surface area is 139 Å². The van der Waals surface area contributed by atoms with Crippen LogP contribution in [-0.4, -0.2) is 44.0 Å². The molecule has 1 aliphatic rings. The van der Waals surface area contributed by atoms with Crippen LogP contribution in [0.25, 0.3) is 0 Å². The normalized spacial score (nSPS) is 20.8. The third-order valence-electron chi connectivity index (χ3n) is 4.42. The topological polar surface area (TPSA) is 71.2 Å². The second-order valence-corrected chi connectivity index (χ2v) is 6.54. The lowest BCUT2D eigenvalue weighted by atomic mass is 10.00. The summed E-state index contributed by atoms with van der Waals surface area (Å²) in [5.74, 6) is -0.590. The van der Waals surface area contributed by atoms with Gasteiger partial charge in [-0.05, 0) is 25.5 Å². The van der Waals surface area contributed by atoms with Crippen molar-refractivity contribution in [2.24, 2.45) is 0 Å². The minimum Gasteiger partial charge on any atom is -0.381 e. The van der Waals surface area contributed by atoms with Crippen LogP contribution in [-0.2, 0) is 16.8 Å². The molecule has 0 saturated carbocycles. The van der Waals surface area contributed by atoms with Gasteiger partial charge in [-0.2, -0.15) is 0 Å². The number of amides is 1. The molecule has 1 amide bonds. The first-order chi connectivity index (χ1) is 11.4. The van der Waals surface area contributed by atoms with Crippen LogP contribution in [0, 0.1) is 5.82 Å². The second-order valence-electron chi connectivity index (χ2n) is 6.54. The van der Waals surface area contributed by atoms with Crippen molar-refractivity contribution in [3.63, 3.8) is 0 Å². The molecule has 0 radical (unpaired) electrons. The number of nitrogens with zero attached hydrogens (tertiary/aromatic N) is 4. The Balaban J connectivity index is 1.69. The van der Waals surface area contributed by atoms with Crippen LogP contribution < -0.4 is 0 Å². The molecule has 2 heterocycles. The van der Waals surface area contributed by atoms with Crippen LogP contribution in [0.4, 0.5) is 4.39 Å². The van der Waals surface area contributed by atoms with Crippen molar-refractivity contribution in [1.82, 2.24) is 19.9 Å². The van der Waals surface area contributed by atoms with Gasteiger partial charge in [-0.15, -0.1) is 5.10 Å². The monoisotopic (exact) mass is 332 g/mol. The number of benzene rings is 1. The Morgan fingerprint density at radius 2 is 2.17 bits per heavy atom. The van der Waals surface area contributed by atoms with Gasteiger partial charge in [0.2, 0.25) is 5.91 Å². The highest BCUT2D eigenvalue weighted by Crippen LogP contribution is 2.31. The Morgan fingerprint density at radius 1 is 1.42 bits per heavy atom. The molecule has 0 spiro atoms. The van der Waals surface area contributed by atoms with E-state index in [-0.39, 0.29) is 30.7 Å². The first-order valence-corrected chi connectivity index (χ1v) is 8.05. The summed E-state index contributed by atoms with van der Waals surface area (Å²) in [6.45, 7) is 4.51. The molecule has 1 fully saturated rings. The second kappa shape index (κ2) is 6.32. The number of hydrogen-bond donors (Lipinski definition) is 1. The molecular weight excluding hydrogens is 311 g/mol. The Bertz CT molecular complexity index is 746. The van der Waals surface area contributed by atoms with E-state index < -0.39 is 5.60 Å². The zero-order chi connectivity index (χ0) is 17.3. The third kappa shape index (κ3) is 3.17. The molecule has 3 rings (SSSR count). The summed E-state index contributed by atoms with van der Waals surface area (Å²) < 4.78 is 15.4. The Morgan fingerprint density at radius 3 is 2.83 bits per heavy atom. The van der Waals surface area contributed by atoms with E-state index in [2.05, 4.69) is 10.3 Å². The van der Waals surface area contributed by atoms with Gasteiger partial charge in [0.15, 0.2) is 0 Å². The lowest BCUT2D eigenvalue weighted by Crippen LogP contribution is -2.35. The molecular formula is C17H21FN4O2. The highest BCUT2D eigenvalue weighted by molar-refractivity contribution is 5.79. The van der Waals surface area contributed by atoms with Gasteiger partial charge in [0, 0.05) is 19.0 Å². The molecule has 0 unspecified atom stereocenters. The maximum absolute atomic E-state index is 13.7. The van der Waals surface area contributed by atoms with Crippen LogP contribution in [0.2, 0.25) is 0 Å². The number of carbonyl (C=O) groups excluding carboxylic acids is 1. The van der Waals surface area contributed by atoms with Crippen LogP contribution in [0.1, 0.15) is 37.6 Å². The van der Waals surface area contributed by atoms with Crippen LogP contribution in [0.15, 0.2) is 30.5 Å². The molecule has 6 nitrogen and oxygen atoms in total. The highest BCUT2D eigenvalue weighted by atomic mass is 19.1. The highest BCUT2D eigenvalue weighted by Gasteiger charge is 2.41. The predicted octanol–water partition coefficient (Wildman–Crippen LogP) is 1.66. The summed E-state index contributed by atoms with van der Waals surface area (Å²) in [5.41, 5.74) is -0.362. The van der Waals surface area contributed by atoms with Crippen molar-refractivity contribution in [3.05, 3.63) is 47.5 Å². The zero-order valence-electron chi connectivity index (χ0n) is 13.8. The summed E-state index contributed by atoms with van der Waals surface area (Å²) in [5, 5.41) is 18.9. The molecule has 24 heavy (non-hydrogen) atoms. The maximum Gasteiger partial charge on any atom is 0.227 e. The van der Waals surface area contributed by atoms with E-state index in [9.17, 15) is 14.3 Å². The first-order valence-electron chi connectivity index (χ1n) is 8.05. The maximum atomic E-state index is 13.7. The number of aliphatic hydroxyl groups is 1. The largest absolute Gasteiger partial charge is 0.381 e. The van der Waals surface area contributed by atoms with E-state index in [0.29, 0.717) is 24.2 Å². The molecule has 128 valence electrons. The Kier molecular flexibility index (Phi) is 4.36. The van der Waals surface area contributed by atoms with E-state index in [1.807, 2.05) is 13.8 Å². The van der Waals surface area contributed by atoms with Crippen LogP contribution >= 0.6 is 0 Å². The third-order valence-corrected chi connectivity index (χ3v) is 4.42. The average Bonchev–Trinajstić information content (AvgIpc) is 3.17. The fourth-order valence-electron chi connectivity index (χ4n) is 2.87. The number of aromatic nitrogens is 3. The van der Waals surface area contributed by atoms with E-state index in [0.717, 1.165) is 0 Å². The summed E-state index contributed by atoms with van der Waals surface area (Å²) >= 11 is 0.